The summed E-state index contributed by atoms with van der Waals surface area (Å²) in [6, 6.07) is 3.62. The van der Waals surface area contributed by atoms with Gasteiger partial charge >= 0.3 is 0 Å². The van der Waals surface area contributed by atoms with Crippen LogP contribution in [0.15, 0.2) is 18.2 Å². The molecule has 2 nitrogen and oxygen atoms in total. The third-order valence-corrected chi connectivity index (χ3v) is 3.47. The predicted octanol–water partition coefficient (Wildman–Crippen LogP) is 2.10. The molecule has 1 aromatic rings. The van der Waals surface area contributed by atoms with Crippen molar-refractivity contribution in [1.29, 1.82) is 0 Å². The van der Waals surface area contributed by atoms with Gasteiger partial charge in [0.15, 0.2) is 0 Å². The molecule has 0 amide bonds. The van der Waals surface area contributed by atoms with Crippen LogP contribution >= 0.6 is 0 Å². The Bertz CT molecular complexity index is 376. The second kappa shape index (κ2) is 6.81. The van der Waals surface area contributed by atoms with Crippen molar-refractivity contribution >= 4 is 0 Å². The molecule has 1 heterocycles. The zero-order chi connectivity index (χ0) is 12.8. The van der Waals surface area contributed by atoms with E-state index >= 15 is 0 Å². The summed E-state index contributed by atoms with van der Waals surface area (Å²) < 4.78 is 26.3. The molecular formula is C14H20F2N2. The molecule has 2 rings (SSSR count). The summed E-state index contributed by atoms with van der Waals surface area (Å²) in [5.74, 6) is 0.0741. The van der Waals surface area contributed by atoms with Crippen LogP contribution in [0.4, 0.5) is 8.78 Å². The molecule has 1 unspecified atom stereocenters. The quantitative estimate of drug-likeness (QED) is 0.760. The van der Waals surface area contributed by atoms with Crippen LogP contribution in [-0.2, 0) is 6.42 Å². The van der Waals surface area contributed by atoms with Gasteiger partial charge in [0.25, 0.3) is 0 Å². The van der Waals surface area contributed by atoms with Gasteiger partial charge in [-0.15, -0.1) is 0 Å². The first-order valence-electron chi connectivity index (χ1n) is 6.61. The molecule has 0 bridgehead atoms. The minimum atomic E-state index is -0.372. The van der Waals surface area contributed by atoms with Crippen molar-refractivity contribution in [3.8, 4) is 0 Å². The van der Waals surface area contributed by atoms with Crippen LogP contribution in [0.2, 0.25) is 0 Å². The molecule has 1 atom stereocenters. The van der Waals surface area contributed by atoms with Crippen molar-refractivity contribution in [3.05, 3.63) is 35.4 Å². The number of hydrogen-bond acceptors (Lipinski definition) is 2. The maximum Gasteiger partial charge on any atom is 0.126 e. The van der Waals surface area contributed by atoms with Gasteiger partial charge in [-0.3, -0.25) is 0 Å². The summed E-state index contributed by atoms with van der Waals surface area (Å²) in [4.78, 5) is 0. The highest BCUT2D eigenvalue weighted by Gasteiger charge is 2.13. The van der Waals surface area contributed by atoms with E-state index in [1.54, 1.807) is 0 Å². The molecule has 1 saturated heterocycles. The summed E-state index contributed by atoms with van der Waals surface area (Å²) >= 11 is 0. The van der Waals surface area contributed by atoms with E-state index in [0.717, 1.165) is 38.0 Å². The summed E-state index contributed by atoms with van der Waals surface area (Å²) in [5, 5.41) is 6.62. The highest BCUT2D eigenvalue weighted by Crippen LogP contribution is 2.11. The maximum atomic E-state index is 13.3. The van der Waals surface area contributed by atoms with Gasteiger partial charge in [-0.1, -0.05) is 0 Å². The first kappa shape index (κ1) is 13.4. The standard InChI is InChI=1S/C14H20F2N2/c15-13-1-2-14(16)12(9-13)5-8-17-6-3-11-4-7-18-10-11/h1-2,9,11,17-18H,3-8,10H2. The molecule has 1 aliphatic heterocycles. The fourth-order valence-corrected chi connectivity index (χ4v) is 2.35. The van der Waals surface area contributed by atoms with Crippen LogP contribution < -0.4 is 10.6 Å². The van der Waals surface area contributed by atoms with Crippen LogP contribution in [0.25, 0.3) is 0 Å². The Morgan fingerprint density at radius 1 is 1.28 bits per heavy atom. The lowest BCUT2D eigenvalue weighted by Crippen LogP contribution is -2.22. The third kappa shape index (κ3) is 4.03. The summed E-state index contributed by atoms with van der Waals surface area (Å²) in [6.07, 6.45) is 2.94. The highest BCUT2D eigenvalue weighted by molar-refractivity contribution is 5.18. The van der Waals surface area contributed by atoms with Gasteiger partial charge in [0.1, 0.15) is 11.6 Å². The van der Waals surface area contributed by atoms with Crippen molar-refractivity contribution in [2.75, 3.05) is 26.2 Å². The molecule has 0 radical (unpaired) electrons. The minimum Gasteiger partial charge on any atom is -0.316 e. The Morgan fingerprint density at radius 2 is 2.17 bits per heavy atom. The molecule has 18 heavy (non-hydrogen) atoms. The van der Waals surface area contributed by atoms with Crippen LogP contribution in [0.3, 0.4) is 0 Å². The fourth-order valence-electron chi connectivity index (χ4n) is 2.35. The van der Waals surface area contributed by atoms with Crippen molar-refractivity contribution < 1.29 is 8.78 Å². The van der Waals surface area contributed by atoms with Crippen LogP contribution in [0.1, 0.15) is 18.4 Å². The molecule has 2 N–H and O–H groups in total. The Morgan fingerprint density at radius 3 is 2.94 bits per heavy atom. The molecule has 0 aliphatic carbocycles. The van der Waals surface area contributed by atoms with E-state index in [4.69, 9.17) is 0 Å². The van der Waals surface area contributed by atoms with Crippen LogP contribution in [0.5, 0.6) is 0 Å². The lowest BCUT2D eigenvalue weighted by atomic mass is 10.1. The monoisotopic (exact) mass is 254 g/mol. The average molecular weight is 254 g/mol. The molecule has 0 spiro atoms. The zero-order valence-corrected chi connectivity index (χ0v) is 10.5. The van der Waals surface area contributed by atoms with Crippen molar-refractivity contribution in [2.45, 2.75) is 19.3 Å². The normalized spacial score (nSPS) is 19.3. The highest BCUT2D eigenvalue weighted by atomic mass is 19.1. The van der Waals surface area contributed by atoms with Crippen molar-refractivity contribution in [1.82, 2.24) is 10.6 Å². The molecule has 1 fully saturated rings. The molecule has 1 aromatic carbocycles. The van der Waals surface area contributed by atoms with Crippen LogP contribution in [-0.4, -0.2) is 26.2 Å². The molecule has 0 saturated carbocycles. The topological polar surface area (TPSA) is 24.1 Å². The van der Waals surface area contributed by atoms with Gasteiger partial charge in [0, 0.05) is 0 Å². The Hall–Kier alpha value is -1.00. The van der Waals surface area contributed by atoms with Gasteiger partial charge in [-0.25, -0.2) is 8.78 Å². The van der Waals surface area contributed by atoms with Gasteiger partial charge in [0.05, 0.1) is 0 Å². The summed E-state index contributed by atoms with van der Waals surface area (Å²) in [6.45, 7) is 3.88. The number of benzene rings is 1. The lowest BCUT2D eigenvalue weighted by Gasteiger charge is -2.09. The molecule has 0 aromatic heterocycles. The zero-order valence-electron chi connectivity index (χ0n) is 10.5. The molecular weight excluding hydrogens is 234 g/mol. The Kier molecular flexibility index (Phi) is 5.08. The summed E-state index contributed by atoms with van der Waals surface area (Å²) in [5.41, 5.74) is 0.449. The smallest absolute Gasteiger partial charge is 0.126 e. The van der Waals surface area contributed by atoms with E-state index in [9.17, 15) is 8.78 Å². The third-order valence-electron chi connectivity index (χ3n) is 3.47. The largest absolute Gasteiger partial charge is 0.316 e. The number of nitrogens with one attached hydrogen (secondary N) is 2. The maximum absolute atomic E-state index is 13.3. The van der Waals surface area contributed by atoms with Crippen molar-refractivity contribution in [3.63, 3.8) is 0 Å². The minimum absolute atomic E-state index is 0.321. The van der Waals surface area contributed by atoms with Crippen LogP contribution in [0, 0.1) is 17.6 Å². The molecule has 4 heteroatoms. The average Bonchev–Trinajstić information content (AvgIpc) is 2.86. The van der Waals surface area contributed by atoms with Gasteiger partial charge in [-0.2, -0.15) is 0 Å². The molecule has 100 valence electrons. The van der Waals surface area contributed by atoms with E-state index in [-0.39, 0.29) is 11.6 Å². The van der Waals surface area contributed by atoms with Crippen molar-refractivity contribution in [2.24, 2.45) is 5.92 Å². The Balaban J connectivity index is 1.64. The van der Waals surface area contributed by atoms with Gasteiger partial charge in [0.2, 0.25) is 0 Å². The van der Waals surface area contributed by atoms with E-state index in [1.165, 1.54) is 18.6 Å². The SMILES string of the molecule is Fc1ccc(F)c(CCNCCC2CCNC2)c1. The number of hydrogen-bond donors (Lipinski definition) is 2. The Labute approximate surface area is 107 Å². The predicted molar refractivity (Wildman–Crippen MR) is 68.5 cm³/mol. The lowest BCUT2D eigenvalue weighted by molar-refractivity contribution is 0.499. The number of rotatable bonds is 6. The second-order valence-corrected chi connectivity index (χ2v) is 4.88. The first-order valence-corrected chi connectivity index (χ1v) is 6.61. The summed E-state index contributed by atoms with van der Waals surface area (Å²) in [7, 11) is 0. The van der Waals surface area contributed by atoms with Gasteiger partial charge < -0.3 is 10.6 Å². The van der Waals surface area contributed by atoms with E-state index in [2.05, 4.69) is 10.6 Å². The van der Waals surface area contributed by atoms with E-state index in [1.807, 2.05) is 0 Å². The number of halogens is 2. The van der Waals surface area contributed by atoms with E-state index in [0.29, 0.717) is 18.5 Å². The first-order chi connectivity index (χ1) is 8.75. The molecule has 1 aliphatic rings. The fraction of sp³-hybridized carbons (Fsp3) is 0.571. The second-order valence-electron chi connectivity index (χ2n) is 4.88. The van der Waals surface area contributed by atoms with E-state index < -0.39 is 0 Å². The van der Waals surface area contributed by atoms with Gasteiger partial charge in [-0.05, 0) is 75.1 Å².